The lowest BCUT2D eigenvalue weighted by Crippen LogP contribution is -2.35. The summed E-state index contributed by atoms with van der Waals surface area (Å²) in [4.78, 5) is 4.39. The molecule has 0 bridgehead atoms. The number of nitrogens with one attached hydrogen (secondary N) is 1. The number of pyridine rings is 1. The molecule has 0 radical (unpaired) electrons. The molecule has 8 heteroatoms. The van der Waals surface area contributed by atoms with Crippen LogP contribution in [0, 0.1) is 0 Å². The number of anilines is 1. The van der Waals surface area contributed by atoms with Crippen molar-refractivity contribution in [2.24, 2.45) is 0 Å². The van der Waals surface area contributed by atoms with Gasteiger partial charge < -0.3 is 10.4 Å². The summed E-state index contributed by atoms with van der Waals surface area (Å²) in [6.45, 7) is 2.96. The van der Waals surface area contributed by atoms with E-state index in [1.807, 2.05) is 6.07 Å². The maximum absolute atomic E-state index is 12.6. The van der Waals surface area contributed by atoms with Crippen molar-refractivity contribution in [1.29, 1.82) is 0 Å². The molecule has 0 spiro atoms. The molecular weight excluding hydrogens is 386 g/mol. The third-order valence-electron chi connectivity index (χ3n) is 4.76. The van der Waals surface area contributed by atoms with Crippen LogP contribution in [-0.4, -0.2) is 42.4 Å². The van der Waals surface area contributed by atoms with Crippen molar-refractivity contribution in [2.75, 3.05) is 25.0 Å². The molecule has 2 heterocycles. The van der Waals surface area contributed by atoms with Crippen molar-refractivity contribution in [3.05, 3.63) is 53.2 Å². The molecule has 1 fully saturated rings. The number of aliphatic hydroxyl groups is 1. The molecule has 2 aromatic rings. The SMILES string of the molecule is CC(O)(CNc1ccc(S(=O)(=O)N2CCCCC2)cn1)c1ccccc1Cl. The molecule has 3 rings (SSSR count). The molecule has 1 saturated heterocycles. The van der Waals surface area contributed by atoms with Gasteiger partial charge in [0.1, 0.15) is 16.3 Å². The Labute approximate surface area is 165 Å². The molecule has 0 aliphatic carbocycles. The van der Waals surface area contributed by atoms with Gasteiger partial charge in [-0.1, -0.05) is 36.2 Å². The van der Waals surface area contributed by atoms with Gasteiger partial charge in [0.2, 0.25) is 10.0 Å². The number of benzene rings is 1. The van der Waals surface area contributed by atoms with Crippen LogP contribution in [0.5, 0.6) is 0 Å². The van der Waals surface area contributed by atoms with Crippen LogP contribution in [0.4, 0.5) is 5.82 Å². The molecular formula is C19H24ClN3O3S. The van der Waals surface area contributed by atoms with Crippen LogP contribution in [0.15, 0.2) is 47.5 Å². The Morgan fingerprint density at radius 1 is 1.19 bits per heavy atom. The Bertz CT molecular complexity index is 879. The number of sulfonamides is 1. The number of nitrogens with zero attached hydrogens (tertiary/aromatic N) is 2. The average molecular weight is 410 g/mol. The van der Waals surface area contributed by atoms with Crippen molar-refractivity contribution in [3.63, 3.8) is 0 Å². The maximum atomic E-state index is 12.6. The number of hydrogen-bond acceptors (Lipinski definition) is 5. The largest absolute Gasteiger partial charge is 0.384 e. The molecule has 0 saturated carbocycles. The fourth-order valence-corrected chi connectivity index (χ4v) is 4.95. The van der Waals surface area contributed by atoms with Gasteiger partial charge >= 0.3 is 0 Å². The predicted octanol–water partition coefficient (Wildman–Crippen LogP) is 3.23. The molecule has 1 atom stereocenters. The van der Waals surface area contributed by atoms with Crippen molar-refractivity contribution < 1.29 is 13.5 Å². The normalized spacial score (nSPS) is 18.0. The zero-order chi connectivity index (χ0) is 19.5. The Hall–Kier alpha value is -1.67. The summed E-state index contributed by atoms with van der Waals surface area (Å²) in [7, 11) is -3.49. The third-order valence-corrected chi connectivity index (χ3v) is 6.97. The highest BCUT2D eigenvalue weighted by Gasteiger charge is 2.27. The van der Waals surface area contributed by atoms with E-state index in [2.05, 4.69) is 10.3 Å². The van der Waals surface area contributed by atoms with Crippen molar-refractivity contribution in [1.82, 2.24) is 9.29 Å². The first-order valence-corrected chi connectivity index (χ1v) is 10.8. The summed E-state index contributed by atoms with van der Waals surface area (Å²) in [5, 5.41) is 14.2. The quantitative estimate of drug-likeness (QED) is 0.765. The minimum Gasteiger partial charge on any atom is -0.384 e. The van der Waals surface area contributed by atoms with E-state index in [0.29, 0.717) is 29.5 Å². The van der Waals surface area contributed by atoms with E-state index in [1.165, 1.54) is 10.5 Å². The Morgan fingerprint density at radius 3 is 2.52 bits per heavy atom. The summed E-state index contributed by atoms with van der Waals surface area (Å²) in [5.74, 6) is 0.486. The Balaban J connectivity index is 1.68. The van der Waals surface area contributed by atoms with Crippen LogP contribution in [-0.2, 0) is 15.6 Å². The molecule has 6 nitrogen and oxygen atoms in total. The Morgan fingerprint density at radius 2 is 1.89 bits per heavy atom. The third kappa shape index (κ3) is 4.60. The molecule has 1 aromatic heterocycles. The minimum atomic E-state index is -3.49. The second-order valence-corrected chi connectivity index (χ2v) is 9.30. The molecule has 0 amide bonds. The van der Waals surface area contributed by atoms with Crippen LogP contribution in [0.2, 0.25) is 5.02 Å². The summed E-state index contributed by atoms with van der Waals surface area (Å²) in [6, 6.07) is 10.3. The van der Waals surface area contributed by atoms with E-state index in [9.17, 15) is 13.5 Å². The topological polar surface area (TPSA) is 82.5 Å². The first kappa shape index (κ1) is 20.1. The van der Waals surface area contributed by atoms with Crippen molar-refractivity contribution >= 4 is 27.4 Å². The van der Waals surface area contributed by atoms with E-state index >= 15 is 0 Å². The lowest BCUT2D eigenvalue weighted by atomic mass is 9.96. The summed E-state index contributed by atoms with van der Waals surface area (Å²) >= 11 is 6.16. The Kier molecular flexibility index (Phi) is 6.05. The number of rotatable bonds is 6. The minimum absolute atomic E-state index is 0.182. The zero-order valence-corrected chi connectivity index (χ0v) is 16.8. The first-order valence-electron chi connectivity index (χ1n) is 8.98. The molecule has 1 aliphatic heterocycles. The van der Waals surface area contributed by atoms with Gasteiger partial charge in [-0.05, 0) is 38.0 Å². The summed E-state index contributed by atoms with van der Waals surface area (Å²) in [6.07, 6.45) is 4.21. The van der Waals surface area contributed by atoms with E-state index in [1.54, 1.807) is 37.3 Å². The number of halogens is 1. The van der Waals surface area contributed by atoms with Gasteiger partial charge in [0.05, 0.1) is 0 Å². The number of piperidine rings is 1. The maximum Gasteiger partial charge on any atom is 0.244 e. The van der Waals surface area contributed by atoms with Crippen LogP contribution in [0.3, 0.4) is 0 Å². The van der Waals surface area contributed by atoms with Crippen LogP contribution >= 0.6 is 11.6 Å². The summed E-state index contributed by atoms with van der Waals surface area (Å²) < 4.78 is 26.8. The zero-order valence-electron chi connectivity index (χ0n) is 15.2. The highest BCUT2D eigenvalue weighted by molar-refractivity contribution is 7.89. The van der Waals surface area contributed by atoms with Crippen molar-refractivity contribution in [2.45, 2.75) is 36.7 Å². The van der Waals surface area contributed by atoms with E-state index in [0.717, 1.165) is 19.3 Å². The first-order chi connectivity index (χ1) is 12.8. The van der Waals surface area contributed by atoms with Gasteiger partial charge in [-0.25, -0.2) is 13.4 Å². The standard InChI is InChI=1S/C19H24ClN3O3S/c1-19(24,16-7-3-4-8-17(16)20)14-22-18-10-9-15(13-21-18)27(25,26)23-11-5-2-6-12-23/h3-4,7-10,13,24H,2,5-6,11-12,14H2,1H3,(H,21,22). The lowest BCUT2D eigenvalue weighted by Gasteiger charge is -2.26. The second kappa shape index (κ2) is 8.14. The van der Waals surface area contributed by atoms with Crippen LogP contribution in [0.25, 0.3) is 0 Å². The van der Waals surface area contributed by atoms with Crippen LogP contribution in [0.1, 0.15) is 31.7 Å². The van der Waals surface area contributed by atoms with E-state index < -0.39 is 15.6 Å². The molecule has 27 heavy (non-hydrogen) atoms. The highest BCUT2D eigenvalue weighted by Crippen LogP contribution is 2.28. The van der Waals surface area contributed by atoms with E-state index in [-0.39, 0.29) is 11.4 Å². The second-order valence-electron chi connectivity index (χ2n) is 6.95. The van der Waals surface area contributed by atoms with Gasteiger partial charge in [-0.3, -0.25) is 0 Å². The fraction of sp³-hybridized carbons (Fsp3) is 0.421. The highest BCUT2D eigenvalue weighted by atomic mass is 35.5. The predicted molar refractivity (Wildman–Crippen MR) is 106 cm³/mol. The van der Waals surface area contributed by atoms with Gasteiger partial charge in [0.15, 0.2) is 0 Å². The molecule has 1 unspecified atom stereocenters. The summed E-state index contributed by atoms with van der Waals surface area (Å²) in [5.41, 5.74) is -0.582. The molecule has 146 valence electrons. The van der Waals surface area contributed by atoms with Gasteiger partial charge in [0, 0.05) is 36.4 Å². The van der Waals surface area contributed by atoms with Crippen LogP contribution < -0.4 is 5.32 Å². The van der Waals surface area contributed by atoms with E-state index in [4.69, 9.17) is 11.6 Å². The van der Waals surface area contributed by atoms with Gasteiger partial charge in [-0.15, -0.1) is 0 Å². The lowest BCUT2D eigenvalue weighted by molar-refractivity contribution is 0.0715. The van der Waals surface area contributed by atoms with Gasteiger partial charge in [-0.2, -0.15) is 4.31 Å². The van der Waals surface area contributed by atoms with Crippen molar-refractivity contribution in [3.8, 4) is 0 Å². The molecule has 2 N–H and O–H groups in total. The van der Waals surface area contributed by atoms with Gasteiger partial charge in [0.25, 0.3) is 0 Å². The fourth-order valence-electron chi connectivity index (χ4n) is 3.15. The average Bonchev–Trinajstić information content (AvgIpc) is 2.68. The molecule has 1 aliphatic rings. The number of aromatic nitrogens is 1. The molecule has 1 aromatic carbocycles. The number of hydrogen-bond donors (Lipinski definition) is 2. The monoisotopic (exact) mass is 409 g/mol. The smallest absolute Gasteiger partial charge is 0.244 e.